The molecule has 0 bridgehead atoms. The molecular formula is C13H14N2O3. The van der Waals surface area contributed by atoms with Crippen molar-refractivity contribution >= 4 is 5.91 Å². The van der Waals surface area contributed by atoms with Crippen molar-refractivity contribution < 1.29 is 14.3 Å². The summed E-state index contributed by atoms with van der Waals surface area (Å²) >= 11 is 0. The van der Waals surface area contributed by atoms with E-state index in [4.69, 9.17) is 4.42 Å². The Balaban J connectivity index is 2.10. The molecule has 2 heterocycles. The van der Waals surface area contributed by atoms with E-state index in [9.17, 15) is 9.90 Å². The fourth-order valence-electron chi connectivity index (χ4n) is 1.59. The Morgan fingerprint density at radius 3 is 2.83 bits per heavy atom. The fraction of sp³-hybridized carbons (Fsp3) is 0.231. The summed E-state index contributed by atoms with van der Waals surface area (Å²) in [6.07, 6.45) is 1.45. The van der Waals surface area contributed by atoms with Gasteiger partial charge in [-0.1, -0.05) is 0 Å². The van der Waals surface area contributed by atoms with E-state index in [2.05, 4.69) is 10.3 Å². The number of pyridine rings is 1. The summed E-state index contributed by atoms with van der Waals surface area (Å²) in [4.78, 5) is 15.7. The summed E-state index contributed by atoms with van der Waals surface area (Å²) in [5, 5.41) is 12.2. The van der Waals surface area contributed by atoms with Gasteiger partial charge < -0.3 is 14.8 Å². The zero-order chi connectivity index (χ0) is 13.1. The highest BCUT2D eigenvalue weighted by Crippen LogP contribution is 2.18. The molecule has 0 unspecified atom stereocenters. The normalized spacial score (nSPS) is 12.1. The van der Waals surface area contributed by atoms with Gasteiger partial charge in [-0.25, -0.2) is 4.98 Å². The van der Waals surface area contributed by atoms with Crippen LogP contribution in [0, 0.1) is 6.92 Å². The first kappa shape index (κ1) is 12.2. The number of aryl methyl sites for hydroxylation is 1. The van der Waals surface area contributed by atoms with E-state index in [0.29, 0.717) is 5.76 Å². The standard InChI is InChI=1S/C13H14N2O3/c1-8-5-6-11(18-8)9(2)15-13(17)12-10(16)4-3-7-14-12/h3-7,9,16H,1-2H3,(H,15,17)/t9-/m1/s1. The Morgan fingerprint density at radius 1 is 1.44 bits per heavy atom. The first-order valence-corrected chi connectivity index (χ1v) is 5.59. The highest BCUT2D eigenvalue weighted by Gasteiger charge is 2.17. The summed E-state index contributed by atoms with van der Waals surface area (Å²) in [7, 11) is 0. The van der Waals surface area contributed by atoms with Crippen molar-refractivity contribution in [3.8, 4) is 5.75 Å². The van der Waals surface area contributed by atoms with Gasteiger partial charge in [-0.2, -0.15) is 0 Å². The maximum absolute atomic E-state index is 11.9. The van der Waals surface area contributed by atoms with Crippen LogP contribution >= 0.6 is 0 Å². The van der Waals surface area contributed by atoms with E-state index in [-0.39, 0.29) is 17.5 Å². The largest absolute Gasteiger partial charge is 0.505 e. The van der Waals surface area contributed by atoms with E-state index in [1.165, 1.54) is 12.3 Å². The Hall–Kier alpha value is -2.30. The maximum Gasteiger partial charge on any atom is 0.274 e. The molecule has 0 spiro atoms. The predicted molar refractivity (Wildman–Crippen MR) is 65.2 cm³/mol. The van der Waals surface area contributed by atoms with Gasteiger partial charge in [0.1, 0.15) is 17.3 Å². The van der Waals surface area contributed by atoms with E-state index in [0.717, 1.165) is 5.76 Å². The highest BCUT2D eigenvalue weighted by molar-refractivity contribution is 5.94. The molecule has 2 rings (SSSR count). The molecule has 1 amide bonds. The van der Waals surface area contributed by atoms with Gasteiger partial charge in [0.15, 0.2) is 5.69 Å². The number of furan rings is 1. The molecule has 5 nitrogen and oxygen atoms in total. The van der Waals surface area contributed by atoms with E-state index in [1.807, 2.05) is 13.0 Å². The minimum absolute atomic E-state index is 0.00706. The van der Waals surface area contributed by atoms with Gasteiger partial charge in [0, 0.05) is 6.20 Å². The summed E-state index contributed by atoms with van der Waals surface area (Å²) in [6, 6.07) is 6.33. The number of aromatic hydroxyl groups is 1. The molecule has 2 aromatic rings. The van der Waals surface area contributed by atoms with Crippen LogP contribution in [0.1, 0.15) is 35.0 Å². The average molecular weight is 246 g/mol. The number of aromatic nitrogens is 1. The fourth-order valence-corrected chi connectivity index (χ4v) is 1.59. The number of nitrogens with zero attached hydrogens (tertiary/aromatic N) is 1. The number of hydrogen-bond acceptors (Lipinski definition) is 4. The first-order valence-electron chi connectivity index (χ1n) is 5.59. The zero-order valence-corrected chi connectivity index (χ0v) is 10.2. The van der Waals surface area contributed by atoms with Crippen LogP contribution in [0.5, 0.6) is 5.75 Å². The minimum atomic E-state index is -0.436. The van der Waals surface area contributed by atoms with Gasteiger partial charge in [0.2, 0.25) is 0 Å². The first-order chi connectivity index (χ1) is 8.58. The third-order valence-electron chi connectivity index (χ3n) is 2.54. The van der Waals surface area contributed by atoms with Gasteiger partial charge in [-0.05, 0) is 38.1 Å². The Bertz CT molecular complexity index is 563. The van der Waals surface area contributed by atoms with Crippen molar-refractivity contribution in [1.29, 1.82) is 0 Å². The zero-order valence-electron chi connectivity index (χ0n) is 10.2. The lowest BCUT2D eigenvalue weighted by molar-refractivity contribution is 0.0927. The predicted octanol–water partition coefficient (Wildman–Crippen LogP) is 2.18. The minimum Gasteiger partial charge on any atom is -0.505 e. The van der Waals surface area contributed by atoms with E-state index in [1.54, 1.807) is 19.1 Å². The van der Waals surface area contributed by atoms with Crippen LogP contribution < -0.4 is 5.32 Å². The van der Waals surface area contributed by atoms with Crippen molar-refractivity contribution in [2.45, 2.75) is 19.9 Å². The number of amides is 1. The molecule has 18 heavy (non-hydrogen) atoms. The quantitative estimate of drug-likeness (QED) is 0.870. The second-order valence-corrected chi connectivity index (χ2v) is 4.01. The molecule has 0 aliphatic heterocycles. The van der Waals surface area contributed by atoms with Crippen LogP contribution in [0.25, 0.3) is 0 Å². The van der Waals surface area contributed by atoms with Crippen LogP contribution in [0.4, 0.5) is 0 Å². The summed E-state index contributed by atoms with van der Waals surface area (Å²) in [6.45, 7) is 3.64. The Labute approximate surface area is 104 Å². The second kappa shape index (κ2) is 4.91. The number of nitrogens with one attached hydrogen (secondary N) is 1. The van der Waals surface area contributed by atoms with Gasteiger partial charge in [-0.3, -0.25) is 4.79 Å². The molecule has 5 heteroatoms. The lowest BCUT2D eigenvalue weighted by Gasteiger charge is -2.11. The number of rotatable bonds is 3. The molecule has 2 aromatic heterocycles. The average Bonchev–Trinajstić information content (AvgIpc) is 2.76. The van der Waals surface area contributed by atoms with Crippen LogP contribution in [-0.2, 0) is 0 Å². The van der Waals surface area contributed by atoms with Crippen molar-refractivity contribution in [1.82, 2.24) is 10.3 Å². The molecule has 0 saturated carbocycles. The SMILES string of the molecule is Cc1ccc([C@@H](C)NC(=O)c2ncccc2O)o1. The van der Waals surface area contributed by atoms with Crippen molar-refractivity contribution in [2.75, 3.05) is 0 Å². The summed E-state index contributed by atoms with van der Waals surface area (Å²) in [5.74, 6) is 0.871. The smallest absolute Gasteiger partial charge is 0.274 e. The summed E-state index contributed by atoms with van der Waals surface area (Å²) < 4.78 is 5.41. The number of hydrogen-bond donors (Lipinski definition) is 2. The lowest BCUT2D eigenvalue weighted by Crippen LogP contribution is -2.27. The third kappa shape index (κ3) is 2.51. The number of carbonyl (C=O) groups is 1. The van der Waals surface area contributed by atoms with Crippen LogP contribution in [-0.4, -0.2) is 16.0 Å². The van der Waals surface area contributed by atoms with Crippen LogP contribution in [0.2, 0.25) is 0 Å². The maximum atomic E-state index is 11.9. The molecule has 1 atom stereocenters. The molecule has 0 aliphatic rings. The molecule has 0 aliphatic carbocycles. The summed E-state index contributed by atoms with van der Waals surface area (Å²) in [5.41, 5.74) is 0.00706. The van der Waals surface area contributed by atoms with Crippen molar-refractivity contribution in [3.63, 3.8) is 0 Å². The van der Waals surface area contributed by atoms with Crippen LogP contribution in [0.3, 0.4) is 0 Å². The monoisotopic (exact) mass is 246 g/mol. The Kier molecular flexibility index (Phi) is 3.32. The molecule has 94 valence electrons. The molecule has 0 fully saturated rings. The van der Waals surface area contributed by atoms with Gasteiger partial charge in [0.25, 0.3) is 5.91 Å². The Morgan fingerprint density at radius 2 is 2.22 bits per heavy atom. The number of carbonyl (C=O) groups excluding carboxylic acids is 1. The molecule has 0 radical (unpaired) electrons. The van der Waals surface area contributed by atoms with Crippen molar-refractivity contribution in [2.24, 2.45) is 0 Å². The van der Waals surface area contributed by atoms with Crippen LogP contribution in [0.15, 0.2) is 34.9 Å². The van der Waals surface area contributed by atoms with Gasteiger partial charge >= 0.3 is 0 Å². The molecular weight excluding hydrogens is 232 g/mol. The topological polar surface area (TPSA) is 75.4 Å². The highest BCUT2D eigenvalue weighted by atomic mass is 16.3. The lowest BCUT2D eigenvalue weighted by atomic mass is 10.2. The molecule has 2 N–H and O–H groups in total. The molecule has 0 aromatic carbocycles. The van der Waals surface area contributed by atoms with E-state index >= 15 is 0 Å². The van der Waals surface area contributed by atoms with Gasteiger partial charge in [-0.15, -0.1) is 0 Å². The van der Waals surface area contributed by atoms with E-state index < -0.39 is 5.91 Å². The van der Waals surface area contributed by atoms with Gasteiger partial charge in [0.05, 0.1) is 6.04 Å². The second-order valence-electron chi connectivity index (χ2n) is 4.01. The third-order valence-corrected chi connectivity index (χ3v) is 2.54. The molecule has 0 saturated heterocycles. The van der Waals surface area contributed by atoms with Crippen molar-refractivity contribution in [3.05, 3.63) is 47.7 Å².